The van der Waals surface area contributed by atoms with Crippen LogP contribution in [0.5, 0.6) is 17.2 Å². The summed E-state index contributed by atoms with van der Waals surface area (Å²) in [5.74, 6) is 0.536. The van der Waals surface area contributed by atoms with Gasteiger partial charge in [-0.15, -0.1) is 5.10 Å². The first kappa shape index (κ1) is 48.4. The van der Waals surface area contributed by atoms with Crippen LogP contribution in [0.4, 0.5) is 17.1 Å². The summed E-state index contributed by atoms with van der Waals surface area (Å²) >= 11 is 0. The van der Waals surface area contributed by atoms with Crippen LogP contribution in [0, 0.1) is 5.92 Å². The maximum absolute atomic E-state index is 15.8. The maximum Gasteiger partial charge on any atom is 0.264 e. The van der Waals surface area contributed by atoms with E-state index in [2.05, 4.69) is 53.1 Å². The Hall–Kier alpha value is -7.59. The molecule has 3 N–H and O–H groups in total. The number of nitrogens with zero attached hydrogens (tertiary/aromatic N) is 4. The molecule has 1 spiro atoms. The van der Waals surface area contributed by atoms with Gasteiger partial charge in [-0.3, -0.25) is 19.1 Å². The third-order valence-electron chi connectivity index (χ3n) is 14.3. The van der Waals surface area contributed by atoms with Gasteiger partial charge in [-0.05, 0) is 114 Å². The fourth-order valence-corrected chi connectivity index (χ4v) is 14.6. The zero-order valence-corrected chi connectivity index (χ0v) is 41.7. The number of carbonyl (C=O) groups excluding carboxylic acids is 3. The van der Waals surface area contributed by atoms with Crippen molar-refractivity contribution >= 4 is 48.0 Å². The van der Waals surface area contributed by atoms with E-state index in [0.717, 1.165) is 16.9 Å². The number of aromatic nitrogens is 3. The Morgan fingerprint density at radius 2 is 1.35 bits per heavy atom. The predicted octanol–water partition coefficient (Wildman–Crippen LogP) is 8.79. The summed E-state index contributed by atoms with van der Waals surface area (Å²) < 4.78 is 25.4. The monoisotopic (exact) mass is 970 g/mol. The Labute approximate surface area is 414 Å². The van der Waals surface area contributed by atoms with E-state index >= 15 is 4.79 Å². The van der Waals surface area contributed by atoms with Gasteiger partial charge in [-0.2, -0.15) is 0 Å². The molecular weight excluding hydrogens is 913 g/mol. The lowest BCUT2D eigenvalue weighted by Gasteiger charge is -2.37. The molecule has 0 aliphatic carbocycles. The third kappa shape index (κ3) is 9.55. The van der Waals surface area contributed by atoms with Gasteiger partial charge >= 0.3 is 0 Å². The van der Waals surface area contributed by atoms with Gasteiger partial charge in [0.2, 0.25) is 0 Å². The molecule has 5 atom stereocenters. The molecule has 2 aliphatic heterocycles. The Balaban J connectivity index is 1.08. The van der Waals surface area contributed by atoms with E-state index in [1.54, 1.807) is 79.4 Å². The van der Waals surface area contributed by atoms with Gasteiger partial charge in [0, 0.05) is 46.7 Å². The van der Waals surface area contributed by atoms with Crippen molar-refractivity contribution in [3.8, 4) is 17.2 Å². The summed E-state index contributed by atoms with van der Waals surface area (Å²) in [7, 11) is 2.25. The molecule has 9 rings (SSSR count). The van der Waals surface area contributed by atoms with E-state index in [1.807, 2.05) is 91.1 Å². The van der Waals surface area contributed by atoms with Gasteiger partial charge in [0.05, 0.1) is 66.0 Å². The second kappa shape index (κ2) is 20.4. The van der Waals surface area contributed by atoms with Gasteiger partial charge < -0.3 is 39.6 Å². The van der Waals surface area contributed by atoms with Crippen LogP contribution < -0.4 is 34.9 Å². The lowest BCUT2D eigenvalue weighted by Crippen LogP contribution is -2.51. The number of amides is 3. The normalized spacial score (nSPS) is 18.8. The Kier molecular flexibility index (Phi) is 13.9. The highest BCUT2D eigenvalue weighted by molar-refractivity contribution is 6.91. The van der Waals surface area contributed by atoms with Crippen molar-refractivity contribution in [3.05, 3.63) is 185 Å². The van der Waals surface area contributed by atoms with Crippen molar-refractivity contribution in [1.29, 1.82) is 0 Å². The molecule has 1 aromatic heterocycles. The molecule has 3 amide bonds. The number of methoxy groups -OCH3 is 3. The molecule has 2 aliphatic rings. The summed E-state index contributed by atoms with van der Waals surface area (Å²) in [4.78, 5) is 44.7. The third-order valence-corrected chi connectivity index (χ3v) is 18.6. The molecule has 0 radical (unpaired) electrons. The molecule has 6 aromatic carbocycles. The Morgan fingerprint density at radius 1 is 0.761 bits per heavy atom. The van der Waals surface area contributed by atoms with Crippen molar-refractivity contribution in [1.82, 2.24) is 15.0 Å². The molecule has 0 saturated carbocycles. The van der Waals surface area contributed by atoms with Crippen LogP contribution >= 0.6 is 0 Å². The van der Waals surface area contributed by atoms with Crippen LogP contribution in [-0.2, 0) is 28.2 Å². The van der Waals surface area contributed by atoms with Gasteiger partial charge in [-0.25, -0.2) is 0 Å². The average molecular weight is 971 g/mol. The van der Waals surface area contributed by atoms with Gasteiger partial charge in [-0.1, -0.05) is 85.0 Å². The summed E-state index contributed by atoms with van der Waals surface area (Å²) in [5, 5.41) is 26.7. The van der Waals surface area contributed by atoms with Crippen LogP contribution in [0.15, 0.2) is 152 Å². The molecule has 0 bridgehead atoms. The van der Waals surface area contributed by atoms with Crippen LogP contribution in [0.1, 0.15) is 62.4 Å². The molecule has 7 aromatic rings. The Bertz CT molecular complexity index is 3020. The van der Waals surface area contributed by atoms with Gasteiger partial charge in [0.25, 0.3) is 17.7 Å². The largest absolute Gasteiger partial charge is 0.497 e. The van der Waals surface area contributed by atoms with Crippen molar-refractivity contribution < 1.29 is 38.4 Å². The van der Waals surface area contributed by atoms with Crippen LogP contribution in [-0.4, -0.2) is 79.9 Å². The fourth-order valence-electron chi connectivity index (χ4n) is 10.5. The lowest BCUT2D eigenvalue weighted by molar-refractivity contribution is -0.146. The highest BCUT2D eigenvalue weighted by Crippen LogP contribution is 2.60. The van der Waals surface area contributed by atoms with Crippen molar-refractivity contribution in [2.24, 2.45) is 5.92 Å². The number of hydrogen-bond acceptors (Lipinski definition) is 10. The van der Waals surface area contributed by atoms with Crippen LogP contribution in [0.2, 0.25) is 18.6 Å². The smallest absolute Gasteiger partial charge is 0.264 e. The number of nitrogens with one attached hydrogen (secondary N) is 2. The van der Waals surface area contributed by atoms with Crippen molar-refractivity contribution in [2.45, 2.75) is 62.7 Å². The summed E-state index contributed by atoms with van der Waals surface area (Å²) in [5.41, 5.74) is 4.16. The summed E-state index contributed by atoms with van der Waals surface area (Å²) in [6.07, 6.45) is 1.97. The second-order valence-corrected chi connectivity index (χ2v) is 23.4. The van der Waals surface area contributed by atoms with Gasteiger partial charge in [0.1, 0.15) is 17.2 Å². The highest BCUT2D eigenvalue weighted by atomic mass is 28.3. The van der Waals surface area contributed by atoms with E-state index in [9.17, 15) is 14.7 Å². The zero-order valence-electron chi connectivity index (χ0n) is 40.7. The first-order valence-electron chi connectivity index (χ1n) is 23.7. The standard InChI is InChI=1S/C56H58N6O8Si/c1-36-52(71(5,6)46-26-24-45(69-4)25-27-46)51(29-30-61-34-49(59-60-61)47(35-63)38-12-8-7-9-13-38)70-56(36)48-32-42(58-54(65)40-17-22-44(68-3)23-18-40)19-28-50(48)62(55(56)66)33-37-11-10-14-41(31-37)57-53(64)39-15-20-43(67-2)21-16-39/h7-28,31-32,34,36,47,51-52,63H,29-30,33,35H2,1-6H3,(H,57,64)(H,58,65)/t36-,47?,51+,52-,56+/m1/s1. The van der Waals surface area contributed by atoms with Crippen LogP contribution in [0.25, 0.3) is 0 Å². The van der Waals surface area contributed by atoms with E-state index < -0.39 is 19.8 Å². The minimum absolute atomic E-state index is 0.0980. The quantitative estimate of drug-likeness (QED) is 0.0751. The number of benzene rings is 6. The number of aryl methyl sites for hydroxylation is 1. The number of anilines is 3. The first-order chi connectivity index (χ1) is 34.4. The summed E-state index contributed by atoms with van der Waals surface area (Å²) in [6.45, 7) is 7.29. The topological polar surface area (TPSA) is 166 Å². The van der Waals surface area contributed by atoms with E-state index in [4.69, 9.17) is 18.9 Å². The number of carbonyl (C=O) groups is 3. The van der Waals surface area contributed by atoms with Crippen LogP contribution in [0.3, 0.4) is 0 Å². The van der Waals surface area contributed by atoms with Crippen molar-refractivity contribution in [3.63, 3.8) is 0 Å². The van der Waals surface area contributed by atoms with Gasteiger partial charge in [0.15, 0.2) is 5.60 Å². The molecule has 15 heteroatoms. The molecule has 3 heterocycles. The van der Waals surface area contributed by atoms with E-state index in [1.165, 1.54) is 5.19 Å². The Morgan fingerprint density at radius 3 is 1.94 bits per heavy atom. The number of ether oxygens (including phenoxy) is 4. The number of rotatable bonds is 17. The first-order valence-corrected chi connectivity index (χ1v) is 26.8. The number of aliphatic hydroxyl groups is 1. The van der Waals surface area contributed by atoms with E-state index in [0.29, 0.717) is 63.9 Å². The second-order valence-electron chi connectivity index (χ2n) is 18.7. The number of hydrogen-bond donors (Lipinski definition) is 3. The number of fused-ring (bicyclic) bond motifs is 2. The van der Waals surface area contributed by atoms with E-state index in [-0.39, 0.29) is 48.3 Å². The molecule has 71 heavy (non-hydrogen) atoms. The molecule has 14 nitrogen and oxygen atoms in total. The SMILES string of the molecule is COc1ccc(C(=O)Nc2cccc(CN3C(=O)[C@@]4(O[C@@H](CCn5cc(C(CO)c6ccccc6)nn5)[C@H]([Si](C)(C)c5ccc(OC)cc5)[C@H]4C)c4cc(NC(=O)c5ccc(OC)cc5)ccc43)c2)cc1. The fraction of sp³-hybridized carbons (Fsp3) is 0.268. The lowest BCUT2D eigenvalue weighted by atomic mass is 9.82. The molecule has 1 fully saturated rings. The predicted molar refractivity (Wildman–Crippen MR) is 276 cm³/mol. The average Bonchev–Trinajstić information content (AvgIpc) is 4.06. The highest BCUT2D eigenvalue weighted by Gasteiger charge is 2.66. The zero-order chi connectivity index (χ0) is 49.9. The minimum atomic E-state index is -2.55. The minimum Gasteiger partial charge on any atom is -0.497 e. The molecular formula is C56H58N6O8Si. The molecule has 1 unspecified atom stereocenters. The molecule has 1 saturated heterocycles. The van der Waals surface area contributed by atoms with Crippen molar-refractivity contribution in [2.75, 3.05) is 43.5 Å². The molecule has 364 valence electrons. The number of aliphatic hydroxyl groups excluding tert-OH is 1. The summed E-state index contributed by atoms with van der Waals surface area (Å²) in [6, 6.07) is 44.8. The maximum atomic E-state index is 15.8.